The Morgan fingerprint density at radius 2 is 1.65 bits per heavy atom. The number of nitrogens with one attached hydrogen (secondary N) is 1. The second kappa shape index (κ2) is 12.4. The van der Waals surface area contributed by atoms with Crippen LogP contribution in [0.15, 0.2) is 24.3 Å². The second-order valence-corrected chi connectivity index (χ2v) is 10.8. The molecule has 0 spiro atoms. The first-order chi connectivity index (χ1) is 16.5. The number of nitrogens with zero attached hydrogens (tertiary/aromatic N) is 3. The highest BCUT2D eigenvalue weighted by molar-refractivity contribution is 6.30. The van der Waals surface area contributed by atoms with Crippen molar-refractivity contribution in [3.63, 3.8) is 0 Å². The molecular weight excluding hydrogens is 448 g/mol. The van der Waals surface area contributed by atoms with E-state index in [1.165, 1.54) is 38.6 Å². The van der Waals surface area contributed by atoms with Gasteiger partial charge in [-0.05, 0) is 75.8 Å². The molecule has 1 aromatic carbocycles. The number of hydrogen-bond acceptors (Lipinski definition) is 4. The molecule has 1 saturated carbocycles. The maximum atomic E-state index is 13.4. The summed E-state index contributed by atoms with van der Waals surface area (Å²) in [7, 11) is 0. The van der Waals surface area contributed by atoms with Gasteiger partial charge in [0.2, 0.25) is 5.91 Å². The van der Waals surface area contributed by atoms with Crippen LogP contribution >= 0.6 is 11.6 Å². The first kappa shape index (κ1) is 25.5. The number of piperidine rings is 1. The summed E-state index contributed by atoms with van der Waals surface area (Å²) in [6.45, 7) is 8.15. The first-order valence-corrected chi connectivity index (χ1v) is 13.7. The molecule has 6 nitrogen and oxygen atoms in total. The Bertz CT molecular complexity index is 803. The van der Waals surface area contributed by atoms with Crippen molar-refractivity contribution in [1.29, 1.82) is 0 Å². The van der Waals surface area contributed by atoms with Gasteiger partial charge < -0.3 is 15.1 Å². The van der Waals surface area contributed by atoms with Crippen molar-refractivity contribution in [1.82, 2.24) is 20.0 Å². The zero-order chi connectivity index (χ0) is 23.9. The van der Waals surface area contributed by atoms with Crippen molar-refractivity contribution in [2.45, 2.75) is 70.4 Å². The first-order valence-electron chi connectivity index (χ1n) is 13.3. The number of halogens is 1. The topological polar surface area (TPSA) is 55.9 Å². The lowest BCUT2D eigenvalue weighted by Crippen LogP contribution is -2.58. The quantitative estimate of drug-likeness (QED) is 0.561. The summed E-state index contributed by atoms with van der Waals surface area (Å²) in [5.41, 5.74) is 0.672. The molecule has 1 aliphatic carbocycles. The Balaban J connectivity index is 1.28. The maximum Gasteiger partial charge on any atom is 0.253 e. The minimum atomic E-state index is -0.0656. The Kier molecular flexibility index (Phi) is 9.26. The number of hydrogen-bond donors (Lipinski definition) is 1. The van der Waals surface area contributed by atoms with Crippen LogP contribution in [0.1, 0.15) is 68.6 Å². The van der Waals surface area contributed by atoms with E-state index in [0.29, 0.717) is 35.6 Å². The zero-order valence-corrected chi connectivity index (χ0v) is 21.4. The molecule has 7 heteroatoms. The van der Waals surface area contributed by atoms with E-state index in [-0.39, 0.29) is 17.9 Å². The Morgan fingerprint density at radius 1 is 0.971 bits per heavy atom. The van der Waals surface area contributed by atoms with E-state index in [1.807, 2.05) is 4.90 Å². The van der Waals surface area contributed by atoms with Crippen LogP contribution < -0.4 is 5.32 Å². The van der Waals surface area contributed by atoms with E-state index in [2.05, 4.69) is 22.0 Å². The molecule has 3 fully saturated rings. The molecule has 4 rings (SSSR count). The van der Waals surface area contributed by atoms with Crippen LogP contribution in [0, 0.1) is 5.92 Å². The van der Waals surface area contributed by atoms with Crippen molar-refractivity contribution in [2.24, 2.45) is 5.92 Å². The van der Waals surface area contributed by atoms with Gasteiger partial charge >= 0.3 is 0 Å². The summed E-state index contributed by atoms with van der Waals surface area (Å²) < 4.78 is 0. The molecule has 2 aliphatic heterocycles. The van der Waals surface area contributed by atoms with Crippen molar-refractivity contribution in [2.75, 3.05) is 45.8 Å². The molecule has 1 N–H and O–H groups in total. The summed E-state index contributed by atoms with van der Waals surface area (Å²) in [6, 6.07) is 7.70. The number of likely N-dealkylation sites (tertiary alicyclic amines) is 1. The molecule has 2 saturated heterocycles. The number of amides is 2. The van der Waals surface area contributed by atoms with Gasteiger partial charge in [0.25, 0.3) is 5.91 Å². The average Bonchev–Trinajstić information content (AvgIpc) is 3.38. The highest BCUT2D eigenvalue weighted by atomic mass is 35.5. The summed E-state index contributed by atoms with van der Waals surface area (Å²) in [5, 5.41) is 3.91. The number of carbonyl (C=O) groups is 2. The SMILES string of the molecule is CC1CCCCN1CCCNC(=O)C(C1CCCC1)N1CCN(C(=O)c2ccc(Cl)cc2)CC1. The van der Waals surface area contributed by atoms with Crippen molar-refractivity contribution >= 4 is 23.4 Å². The largest absolute Gasteiger partial charge is 0.355 e. The molecule has 3 aliphatic rings. The summed E-state index contributed by atoms with van der Waals surface area (Å²) in [6.07, 6.45) is 9.65. The number of piperazine rings is 1. The van der Waals surface area contributed by atoms with Crippen molar-refractivity contribution in [3.05, 3.63) is 34.9 Å². The van der Waals surface area contributed by atoms with Gasteiger partial charge in [-0.15, -0.1) is 0 Å². The zero-order valence-electron chi connectivity index (χ0n) is 20.7. The van der Waals surface area contributed by atoms with E-state index in [4.69, 9.17) is 11.6 Å². The Hall–Kier alpha value is -1.63. The molecule has 34 heavy (non-hydrogen) atoms. The number of benzene rings is 1. The van der Waals surface area contributed by atoms with Gasteiger partial charge in [-0.25, -0.2) is 0 Å². The molecule has 2 atom stereocenters. The van der Waals surface area contributed by atoms with Crippen molar-refractivity contribution < 1.29 is 9.59 Å². The highest BCUT2D eigenvalue weighted by Gasteiger charge is 2.37. The highest BCUT2D eigenvalue weighted by Crippen LogP contribution is 2.31. The molecular formula is C27H41ClN4O2. The van der Waals surface area contributed by atoms with Crippen LogP contribution in [0.4, 0.5) is 0 Å². The fourth-order valence-electron chi connectivity index (χ4n) is 6.02. The lowest BCUT2D eigenvalue weighted by molar-refractivity contribution is -0.129. The molecule has 0 aromatic heterocycles. The normalized spacial score (nSPS) is 23.7. The molecule has 2 unspecified atom stereocenters. The van der Waals surface area contributed by atoms with Gasteiger partial charge in [0.05, 0.1) is 6.04 Å². The van der Waals surface area contributed by atoms with Gasteiger partial charge in [0.1, 0.15) is 0 Å². The van der Waals surface area contributed by atoms with Crippen LogP contribution in [-0.2, 0) is 4.79 Å². The van der Waals surface area contributed by atoms with Gasteiger partial charge in [-0.3, -0.25) is 14.5 Å². The second-order valence-electron chi connectivity index (χ2n) is 10.3. The molecule has 1 aromatic rings. The number of rotatable bonds is 8. The summed E-state index contributed by atoms with van der Waals surface area (Å²) in [4.78, 5) is 33.1. The number of carbonyl (C=O) groups excluding carboxylic acids is 2. The lowest BCUT2D eigenvalue weighted by Gasteiger charge is -2.41. The van der Waals surface area contributed by atoms with Crippen molar-refractivity contribution in [3.8, 4) is 0 Å². The lowest BCUT2D eigenvalue weighted by atomic mass is 9.95. The molecule has 2 heterocycles. The molecule has 188 valence electrons. The average molecular weight is 489 g/mol. The minimum absolute atomic E-state index is 0.0464. The van der Waals surface area contributed by atoms with Crippen LogP contribution in [-0.4, -0.2) is 84.4 Å². The standard InChI is InChI=1S/C27H41ClN4O2/c1-21-7-4-5-15-30(21)16-6-14-29-26(33)25(22-8-2-3-9-22)31-17-19-32(20-18-31)27(34)23-10-12-24(28)13-11-23/h10-13,21-22,25H,2-9,14-20H2,1H3,(H,29,33). The van der Waals surface area contributed by atoms with Crippen LogP contribution in [0.2, 0.25) is 5.02 Å². The van der Waals surface area contributed by atoms with Gasteiger partial charge in [-0.2, -0.15) is 0 Å². The van der Waals surface area contributed by atoms with E-state index < -0.39 is 0 Å². The van der Waals surface area contributed by atoms with Crippen LogP contribution in [0.3, 0.4) is 0 Å². The Morgan fingerprint density at radius 3 is 2.32 bits per heavy atom. The van der Waals surface area contributed by atoms with Gasteiger partial charge in [0.15, 0.2) is 0 Å². The fourth-order valence-corrected chi connectivity index (χ4v) is 6.14. The minimum Gasteiger partial charge on any atom is -0.355 e. The summed E-state index contributed by atoms with van der Waals surface area (Å²) >= 11 is 5.97. The third kappa shape index (κ3) is 6.52. The van der Waals surface area contributed by atoms with Gasteiger partial charge in [-0.1, -0.05) is 30.9 Å². The van der Waals surface area contributed by atoms with E-state index in [1.54, 1.807) is 24.3 Å². The smallest absolute Gasteiger partial charge is 0.253 e. The third-order valence-electron chi connectivity index (χ3n) is 8.06. The summed E-state index contributed by atoms with van der Waals surface area (Å²) in [5.74, 6) is 0.668. The Labute approximate surface area is 210 Å². The van der Waals surface area contributed by atoms with Crippen LogP contribution in [0.25, 0.3) is 0 Å². The predicted octanol–water partition coefficient (Wildman–Crippen LogP) is 4.04. The monoisotopic (exact) mass is 488 g/mol. The van der Waals surface area contributed by atoms with Crippen LogP contribution in [0.5, 0.6) is 0 Å². The van der Waals surface area contributed by atoms with Gasteiger partial charge in [0, 0.05) is 55.9 Å². The fraction of sp³-hybridized carbons (Fsp3) is 0.704. The van der Waals surface area contributed by atoms with E-state index in [0.717, 1.165) is 45.4 Å². The van der Waals surface area contributed by atoms with E-state index >= 15 is 0 Å². The third-order valence-corrected chi connectivity index (χ3v) is 8.31. The predicted molar refractivity (Wildman–Crippen MR) is 137 cm³/mol. The molecule has 2 amide bonds. The molecule has 0 radical (unpaired) electrons. The maximum absolute atomic E-state index is 13.4. The molecule has 0 bridgehead atoms. The van der Waals surface area contributed by atoms with E-state index in [9.17, 15) is 9.59 Å².